The van der Waals surface area contributed by atoms with Gasteiger partial charge in [-0.15, -0.1) is 0 Å². The van der Waals surface area contributed by atoms with Crippen molar-refractivity contribution in [2.75, 3.05) is 13.2 Å². The molecule has 0 aliphatic heterocycles. The first-order chi connectivity index (χ1) is 9.88. The van der Waals surface area contributed by atoms with Crippen molar-refractivity contribution in [3.8, 4) is 0 Å². The van der Waals surface area contributed by atoms with Gasteiger partial charge < -0.3 is 19.1 Å². The van der Waals surface area contributed by atoms with E-state index >= 15 is 0 Å². The van der Waals surface area contributed by atoms with Crippen LogP contribution in [0.1, 0.15) is 61.8 Å². The summed E-state index contributed by atoms with van der Waals surface area (Å²) in [5, 5.41) is 0. The van der Waals surface area contributed by atoms with Crippen LogP contribution >= 0.6 is 0 Å². The second kappa shape index (κ2) is 8.25. The Morgan fingerprint density at radius 2 is 1.59 bits per heavy atom. The van der Waals surface area contributed by atoms with E-state index in [4.69, 9.17) is 14.2 Å². The molecule has 0 aliphatic rings. The molecular formula is C16H31NO5. The Balaban J connectivity index is 4.38. The minimum atomic E-state index is -0.722. The summed E-state index contributed by atoms with van der Waals surface area (Å²) < 4.78 is 15.5. The van der Waals surface area contributed by atoms with Gasteiger partial charge in [0.25, 0.3) is 0 Å². The van der Waals surface area contributed by atoms with Crippen LogP contribution < -0.4 is 0 Å². The van der Waals surface area contributed by atoms with Gasteiger partial charge in [-0.3, -0.25) is 0 Å². The van der Waals surface area contributed by atoms with Crippen molar-refractivity contribution in [1.82, 2.24) is 4.90 Å². The molecule has 0 unspecified atom stereocenters. The van der Waals surface area contributed by atoms with Gasteiger partial charge in [-0.05, 0) is 54.9 Å². The summed E-state index contributed by atoms with van der Waals surface area (Å²) in [5.41, 5.74) is -1.12. The van der Waals surface area contributed by atoms with E-state index in [1.807, 2.05) is 55.4 Å². The lowest BCUT2D eigenvalue weighted by Gasteiger charge is -2.30. The van der Waals surface area contributed by atoms with Gasteiger partial charge in [-0.2, -0.15) is 0 Å². The molecule has 130 valence electrons. The normalized spacial score (nSPS) is 12.0. The number of carbonyl (C=O) groups is 2. The first-order valence-corrected chi connectivity index (χ1v) is 7.73. The second-order valence-electron chi connectivity index (χ2n) is 7.08. The van der Waals surface area contributed by atoms with Crippen molar-refractivity contribution in [2.24, 2.45) is 0 Å². The standard InChI is InChI=1S/C16H31NO5/c1-9-16(7,8)22-14(19)20-11-10-17(12(2)3)13(18)21-15(4,5)6/h12H,9-11H2,1-8H3. The molecule has 0 spiro atoms. The third-order valence-corrected chi connectivity index (χ3v) is 3.01. The number of nitrogens with zero attached hydrogens (tertiary/aromatic N) is 1. The lowest BCUT2D eigenvalue weighted by Crippen LogP contribution is -2.43. The van der Waals surface area contributed by atoms with E-state index in [-0.39, 0.29) is 19.2 Å². The molecule has 0 fully saturated rings. The van der Waals surface area contributed by atoms with E-state index in [0.29, 0.717) is 6.42 Å². The van der Waals surface area contributed by atoms with Crippen LogP contribution in [0.5, 0.6) is 0 Å². The van der Waals surface area contributed by atoms with Crippen molar-refractivity contribution in [2.45, 2.75) is 79.1 Å². The van der Waals surface area contributed by atoms with Gasteiger partial charge in [-0.25, -0.2) is 9.59 Å². The maximum absolute atomic E-state index is 12.1. The minimum Gasteiger partial charge on any atom is -0.444 e. The Hall–Kier alpha value is -1.46. The van der Waals surface area contributed by atoms with Gasteiger partial charge in [0, 0.05) is 6.04 Å². The second-order valence-corrected chi connectivity index (χ2v) is 7.08. The highest BCUT2D eigenvalue weighted by Crippen LogP contribution is 2.15. The predicted octanol–water partition coefficient (Wildman–Crippen LogP) is 3.97. The van der Waals surface area contributed by atoms with Gasteiger partial charge >= 0.3 is 12.2 Å². The van der Waals surface area contributed by atoms with Crippen molar-refractivity contribution < 1.29 is 23.8 Å². The minimum absolute atomic E-state index is 0.0541. The van der Waals surface area contributed by atoms with Crippen LogP contribution in [0.2, 0.25) is 0 Å². The number of hydrogen-bond donors (Lipinski definition) is 0. The van der Waals surface area contributed by atoms with Crippen molar-refractivity contribution in [1.29, 1.82) is 0 Å². The average molecular weight is 317 g/mol. The first-order valence-electron chi connectivity index (χ1n) is 7.73. The van der Waals surface area contributed by atoms with Gasteiger partial charge in [0.15, 0.2) is 0 Å². The molecule has 1 amide bonds. The predicted molar refractivity (Wildman–Crippen MR) is 84.9 cm³/mol. The van der Waals surface area contributed by atoms with Crippen LogP contribution in [-0.4, -0.2) is 47.5 Å². The van der Waals surface area contributed by atoms with Crippen LogP contribution in [-0.2, 0) is 14.2 Å². The van der Waals surface area contributed by atoms with Gasteiger partial charge in [0.05, 0.1) is 6.54 Å². The molecule has 0 rings (SSSR count). The zero-order chi connectivity index (χ0) is 17.6. The largest absolute Gasteiger partial charge is 0.508 e. The van der Waals surface area contributed by atoms with E-state index in [1.165, 1.54) is 4.90 Å². The zero-order valence-corrected chi connectivity index (χ0v) is 15.2. The Bertz CT molecular complexity index is 371. The molecule has 0 bridgehead atoms. The SMILES string of the molecule is CCC(C)(C)OC(=O)OCCN(C(=O)OC(C)(C)C)C(C)C. The number of ether oxygens (including phenoxy) is 3. The molecule has 0 atom stereocenters. The fraction of sp³-hybridized carbons (Fsp3) is 0.875. The summed E-state index contributed by atoms with van der Waals surface area (Å²) >= 11 is 0. The van der Waals surface area contributed by atoms with E-state index in [2.05, 4.69) is 0 Å². The number of hydrogen-bond acceptors (Lipinski definition) is 5. The molecule has 0 aromatic carbocycles. The maximum Gasteiger partial charge on any atom is 0.508 e. The monoisotopic (exact) mass is 317 g/mol. The van der Waals surface area contributed by atoms with Gasteiger partial charge in [0.2, 0.25) is 0 Å². The lowest BCUT2D eigenvalue weighted by atomic mass is 10.1. The molecule has 0 N–H and O–H groups in total. The quantitative estimate of drug-likeness (QED) is 0.693. The van der Waals surface area contributed by atoms with E-state index < -0.39 is 23.5 Å². The van der Waals surface area contributed by atoms with Gasteiger partial charge in [-0.1, -0.05) is 6.92 Å². The fourth-order valence-corrected chi connectivity index (χ4v) is 1.44. The summed E-state index contributed by atoms with van der Waals surface area (Å²) in [4.78, 5) is 25.2. The molecule has 22 heavy (non-hydrogen) atoms. The summed E-state index contributed by atoms with van der Waals surface area (Å²) in [6, 6.07) is -0.0541. The molecule has 0 aromatic heterocycles. The Labute approximate surface area is 134 Å². The third kappa shape index (κ3) is 8.74. The van der Waals surface area contributed by atoms with E-state index in [0.717, 1.165) is 0 Å². The molecule has 6 nitrogen and oxygen atoms in total. The van der Waals surface area contributed by atoms with Crippen LogP contribution in [0.15, 0.2) is 0 Å². The summed E-state index contributed by atoms with van der Waals surface area (Å²) in [5.74, 6) is 0. The van der Waals surface area contributed by atoms with Crippen LogP contribution in [0.4, 0.5) is 9.59 Å². The lowest BCUT2D eigenvalue weighted by molar-refractivity contribution is -0.0248. The molecule has 0 aliphatic carbocycles. The highest BCUT2D eigenvalue weighted by Gasteiger charge is 2.25. The first kappa shape index (κ1) is 20.5. The average Bonchev–Trinajstić information content (AvgIpc) is 2.31. The zero-order valence-electron chi connectivity index (χ0n) is 15.2. The van der Waals surface area contributed by atoms with Crippen molar-refractivity contribution in [3.63, 3.8) is 0 Å². The van der Waals surface area contributed by atoms with Gasteiger partial charge in [0.1, 0.15) is 17.8 Å². The van der Waals surface area contributed by atoms with E-state index in [9.17, 15) is 9.59 Å². The highest BCUT2D eigenvalue weighted by molar-refractivity contribution is 5.68. The number of rotatable bonds is 6. The molecule has 0 saturated heterocycles. The van der Waals surface area contributed by atoms with Crippen LogP contribution in [0.3, 0.4) is 0 Å². The molecule has 0 heterocycles. The smallest absolute Gasteiger partial charge is 0.444 e. The van der Waals surface area contributed by atoms with Crippen molar-refractivity contribution in [3.05, 3.63) is 0 Å². The Kier molecular flexibility index (Phi) is 7.70. The third-order valence-electron chi connectivity index (χ3n) is 3.01. The summed E-state index contributed by atoms with van der Waals surface area (Å²) in [6.07, 6.45) is -0.453. The highest BCUT2D eigenvalue weighted by atomic mass is 16.7. The number of carbonyl (C=O) groups excluding carboxylic acids is 2. The summed E-state index contributed by atoms with van der Waals surface area (Å²) in [7, 11) is 0. The number of amides is 1. The molecule has 0 radical (unpaired) electrons. The Morgan fingerprint density at radius 1 is 1.05 bits per heavy atom. The fourth-order valence-electron chi connectivity index (χ4n) is 1.44. The van der Waals surface area contributed by atoms with Crippen LogP contribution in [0.25, 0.3) is 0 Å². The Morgan fingerprint density at radius 3 is 2.00 bits per heavy atom. The topological polar surface area (TPSA) is 65.1 Å². The summed E-state index contributed by atoms with van der Waals surface area (Å²) in [6.45, 7) is 15.1. The van der Waals surface area contributed by atoms with Crippen molar-refractivity contribution >= 4 is 12.2 Å². The molecule has 6 heteroatoms. The van der Waals surface area contributed by atoms with Crippen LogP contribution in [0, 0.1) is 0 Å². The maximum atomic E-state index is 12.1. The molecule has 0 saturated carbocycles. The molecular weight excluding hydrogens is 286 g/mol. The molecule has 0 aromatic rings. The van der Waals surface area contributed by atoms with E-state index in [1.54, 1.807) is 0 Å².